The van der Waals surface area contributed by atoms with Crippen LogP contribution in [-0.4, -0.2) is 15.7 Å². The summed E-state index contributed by atoms with van der Waals surface area (Å²) in [6.45, 7) is 3.93. The molecule has 0 spiro atoms. The minimum absolute atomic E-state index is 0.0123. The lowest BCUT2D eigenvalue weighted by Gasteiger charge is -2.12. The van der Waals surface area contributed by atoms with E-state index in [2.05, 4.69) is 5.10 Å². The van der Waals surface area contributed by atoms with Gasteiger partial charge in [-0.25, -0.2) is 13.9 Å². The van der Waals surface area contributed by atoms with Crippen LogP contribution in [-0.2, 0) is 17.9 Å². The predicted octanol–water partition coefficient (Wildman–Crippen LogP) is 4.20. The van der Waals surface area contributed by atoms with E-state index in [0.29, 0.717) is 17.3 Å². The molecule has 3 aromatic rings. The fourth-order valence-corrected chi connectivity index (χ4v) is 2.95. The number of esters is 1. The van der Waals surface area contributed by atoms with Gasteiger partial charge in [-0.15, -0.1) is 0 Å². The Balaban J connectivity index is 1.98. The Morgan fingerprint density at radius 1 is 1.19 bits per heavy atom. The van der Waals surface area contributed by atoms with Crippen molar-refractivity contribution in [3.05, 3.63) is 74.9 Å². The van der Waals surface area contributed by atoms with Gasteiger partial charge in [0.2, 0.25) is 0 Å². The third-order valence-corrected chi connectivity index (χ3v) is 4.36. The second-order valence-electron chi connectivity index (χ2n) is 6.55. The number of carbonyl (C=O) groups excluding carboxylic acids is 1. The van der Waals surface area contributed by atoms with E-state index in [1.807, 2.05) is 13.8 Å². The lowest BCUT2D eigenvalue weighted by Crippen LogP contribution is -2.28. The summed E-state index contributed by atoms with van der Waals surface area (Å²) in [7, 11) is 0. The van der Waals surface area contributed by atoms with Crippen LogP contribution < -0.4 is 5.56 Å². The van der Waals surface area contributed by atoms with Gasteiger partial charge in [0, 0.05) is 17.5 Å². The third kappa shape index (κ3) is 4.01. The predicted molar refractivity (Wildman–Crippen MR) is 101 cm³/mol. The van der Waals surface area contributed by atoms with Crippen LogP contribution in [0, 0.1) is 11.7 Å². The highest BCUT2D eigenvalue weighted by Crippen LogP contribution is 2.21. The molecule has 0 aliphatic rings. The largest absolute Gasteiger partial charge is 0.456 e. The van der Waals surface area contributed by atoms with Crippen molar-refractivity contribution in [1.82, 2.24) is 9.78 Å². The number of hydrogen-bond donors (Lipinski definition) is 0. The van der Waals surface area contributed by atoms with Crippen LogP contribution in [0.5, 0.6) is 0 Å². The molecular weight excluding hydrogens is 371 g/mol. The van der Waals surface area contributed by atoms with Crippen LogP contribution in [0.25, 0.3) is 10.8 Å². The monoisotopic (exact) mass is 388 g/mol. The fraction of sp³-hybridized carbons (Fsp3) is 0.250. The van der Waals surface area contributed by atoms with E-state index in [0.717, 1.165) is 0 Å². The molecule has 0 amide bonds. The molecule has 3 rings (SSSR count). The standard InChI is InChI=1S/C20H18ClFN2O3/c1-12(2)10-24-19(25)14-7-4-3-6-13(14)18(23-24)20(26)27-11-15-16(21)8-5-9-17(15)22/h3-9,12H,10-11H2,1-2H3. The normalized spacial score (nSPS) is 11.1. The molecule has 1 heterocycles. The van der Waals surface area contributed by atoms with Crippen LogP contribution in [0.4, 0.5) is 4.39 Å². The Morgan fingerprint density at radius 2 is 1.89 bits per heavy atom. The Morgan fingerprint density at radius 3 is 2.56 bits per heavy atom. The molecule has 7 heteroatoms. The second kappa shape index (κ2) is 7.88. The number of halogens is 2. The third-order valence-electron chi connectivity index (χ3n) is 4.01. The summed E-state index contributed by atoms with van der Waals surface area (Å²) in [6, 6.07) is 10.9. The molecule has 5 nitrogen and oxygen atoms in total. The van der Waals surface area contributed by atoms with Gasteiger partial charge in [-0.3, -0.25) is 4.79 Å². The number of hydrogen-bond acceptors (Lipinski definition) is 4. The van der Waals surface area contributed by atoms with Crippen molar-refractivity contribution in [1.29, 1.82) is 0 Å². The molecular formula is C20H18ClFN2O3. The van der Waals surface area contributed by atoms with E-state index in [1.165, 1.54) is 22.9 Å². The minimum atomic E-state index is -0.747. The van der Waals surface area contributed by atoms with Gasteiger partial charge in [0.05, 0.1) is 10.4 Å². The zero-order valence-corrected chi connectivity index (χ0v) is 15.7. The molecule has 0 saturated heterocycles. The number of nitrogens with zero attached hydrogens (tertiary/aromatic N) is 2. The lowest BCUT2D eigenvalue weighted by molar-refractivity contribution is 0.0461. The van der Waals surface area contributed by atoms with Gasteiger partial charge in [-0.2, -0.15) is 5.10 Å². The Hall–Kier alpha value is -2.73. The van der Waals surface area contributed by atoms with Gasteiger partial charge in [-0.1, -0.05) is 49.7 Å². The zero-order valence-electron chi connectivity index (χ0n) is 14.9. The first-order chi connectivity index (χ1) is 12.9. The Kier molecular flexibility index (Phi) is 5.56. The van der Waals surface area contributed by atoms with E-state index in [9.17, 15) is 14.0 Å². The summed E-state index contributed by atoms with van der Waals surface area (Å²) in [6.07, 6.45) is 0. The SMILES string of the molecule is CC(C)Cn1nc(C(=O)OCc2c(F)cccc2Cl)c2ccccc2c1=O. The zero-order chi connectivity index (χ0) is 19.6. The molecule has 27 heavy (non-hydrogen) atoms. The highest BCUT2D eigenvalue weighted by molar-refractivity contribution is 6.31. The average Bonchev–Trinajstić information content (AvgIpc) is 2.63. The van der Waals surface area contributed by atoms with Gasteiger partial charge in [0.25, 0.3) is 5.56 Å². The topological polar surface area (TPSA) is 61.2 Å². The van der Waals surface area contributed by atoms with Crippen molar-refractivity contribution >= 4 is 28.3 Å². The molecule has 1 aromatic heterocycles. The number of rotatable bonds is 5. The first kappa shape index (κ1) is 19.0. The van der Waals surface area contributed by atoms with E-state index in [-0.39, 0.29) is 34.4 Å². The fourth-order valence-electron chi connectivity index (χ4n) is 2.73. The van der Waals surface area contributed by atoms with Crippen LogP contribution in [0.2, 0.25) is 5.02 Å². The van der Waals surface area contributed by atoms with Gasteiger partial charge in [0.15, 0.2) is 5.69 Å². The van der Waals surface area contributed by atoms with E-state index >= 15 is 0 Å². The van der Waals surface area contributed by atoms with Crippen molar-refractivity contribution in [3.8, 4) is 0 Å². The average molecular weight is 389 g/mol. The van der Waals surface area contributed by atoms with Gasteiger partial charge < -0.3 is 4.74 Å². The summed E-state index contributed by atoms with van der Waals surface area (Å²) >= 11 is 5.96. The highest BCUT2D eigenvalue weighted by Gasteiger charge is 2.19. The van der Waals surface area contributed by atoms with Crippen molar-refractivity contribution in [2.45, 2.75) is 27.0 Å². The molecule has 0 unspecified atom stereocenters. The second-order valence-corrected chi connectivity index (χ2v) is 6.96. The van der Waals surface area contributed by atoms with Crippen LogP contribution in [0.1, 0.15) is 29.9 Å². The summed E-state index contributed by atoms with van der Waals surface area (Å²) in [4.78, 5) is 25.2. The summed E-state index contributed by atoms with van der Waals surface area (Å²) in [5, 5.41) is 5.15. The smallest absolute Gasteiger partial charge is 0.359 e. The number of ether oxygens (including phenoxy) is 1. The van der Waals surface area contributed by atoms with Crippen molar-refractivity contribution in [2.75, 3.05) is 0 Å². The molecule has 0 atom stereocenters. The Labute approximate surface area is 160 Å². The minimum Gasteiger partial charge on any atom is -0.456 e. The van der Waals surface area contributed by atoms with Gasteiger partial charge in [-0.05, 0) is 24.1 Å². The first-order valence-corrected chi connectivity index (χ1v) is 8.86. The molecule has 0 radical (unpaired) electrons. The molecule has 140 valence electrons. The maximum atomic E-state index is 13.9. The molecule has 0 aliphatic heterocycles. The van der Waals surface area contributed by atoms with Crippen molar-refractivity contribution in [2.24, 2.45) is 5.92 Å². The van der Waals surface area contributed by atoms with E-state index in [4.69, 9.17) is 16.3 Å². The Bertz CT molecular complexity index is 1040. The summed E-state index contributed by atoms with van der Waals surface area (Å²) < 4.78 is 20.4. The lowest BCUT2D eigenvalue weighted by atomic mass is 10.1. The van der Waals surface area contributed by atoms with E-state index < -0.39 is 11.8 Å². The number of fused-ring (bicyclic) bond motifs is 1. The first-order valence-electron chi connectivity index (χ1n) is 8.48. The molecule has 2 aromatic carbocycles. The van der Waals surface area contributed by atoms with Crippen molar-refractivity contribution < 1.29 is 13.9 Å². The quantitative estimate of drug-likeness (QED) is 0.614. The van der Waals surface area contributed by atoms with Gasteiger partial charge in [0.1, 0.15) is 12.4 Å². The van der Waals surface area contributed by atoms with Crippen LogP contribution >= 0.6 is 11.6 Å². The maximum Gasteiger partial charge on any atom is 0.359 e. The number of benzene rings is 2. The van der Waals surface area contributed by atoms with Crippen LogP contribution in [0.15, 0.2) is 47.3 Å². The summed E-state index contributed by atoms with van der Waals surface area (Å²) in [5.74, 6) is -1.14. The van der Waals surface area contributed by atoms with Crippen LogP contribution in [0.3, 0.4) is 0 Å². The molecule has 0 bridgehead atoms. The maximum absolute atomic E-state index is 13.9. The van der Waals surface area contributed by atoms with Crippen molar-refractivity contribution in [3.63, 3.8) is 0 Å². The molecule has 0 N–H and O–H groups in total. The molecule has 0 aliphatic carbocycles. The number of aromatic nitrogens is 2. The van der Waals surface area contributed by atoms with Gasteiger partial charge >= 0.3 is 5.97 Å². The van der Waals surface area contributed by atoms with E-state index in [1.54, 1.807) is 24.3 Å². The highest BCUT2D eigenvalue weighted by atomic mass is 35.5. The molecule has 0 fully saturated rings. The molecule has 0 saturated carbocycles. The number of carbonyl (C=O) groups is 1. The summed E-state index contributed by atoms with van der Waals surface area (Å²) in [5.41, 5.74) is -0.168.